The molecular weight excluding hydrogens is 334 g/mol. The van der Waals surface area contributed by atoms with Gasteiger partial charge in [-0.15, -0.1) is 11.3 Å². The molecule has 0 bridgehead atoms. The predicted molar refractivity (Wildman–Crippen MR) is 99.7 cm³/mol. The Bertz CT molecular complexity index is 837. The topological polar surface area (TPSA) is 50.8 Å². The average Bonchev–Trinajstić information content (AvgIpc) is 3.19. The number of hydrogen-bond acceptors (Lipinski definition) is 4. The van der Waals surface area contributed by atoms with Crippen LogP contribution < -0.4 is 4.90 Å². The normalized spacial score (nSPS) is 13.8. The summed E-state index contributed by atoms with van der Waals surface area (Å²) in [4.78, 5) is 20.2. The van der Waals surface area contributed by atoms with Crippen molar-refractivity contribution in [3.05, 3.63) is 52.9 Å². The summed E-state index contributed by atoms with van der Waals surface area (Å²) in [6.07, 6.45) is 0. The first-order valence-electron chi connectivity index (χ1n) is 8.42. The molecular formula is C19H24N3O2S+. The number of fused-ring (bicyclic) bond motifs is 1. The standard InChI is InChI=1S/C19H23N3O2S/c1-13-9-10-15(24-13)11-21(3)12-18(23)22(4)14(2)19-20-16-7-5-6-8-17(16)25-19/h5-10,14H,11-12H2,1-4H3/p+1/t14-/m0/s1. The summed E-state index contributed by atoms with van der Waals surface area (Å²) in [7, 11) is 3.86. The van der Waals surface area contributed by atoms with Gasteiger partial charge in [-0.1, -0.05) is 12.1 Å². The lowest BCUT2D eigenvalue weighted by Crippen LogP contribution is -3.08. The van der Waals surface area contributed by atoms with E-state index in [9.17, 15) is 4.79 Å². The highest BCUT2D eigenvalue weighted by atomic mass is 32.1. The number of para-hydroxylation sites is 1. The molecule has 2 aromatic heterocycles. The number of hydrogen-bond donors (Lipinski definition) is 1. The van der Waals surface area contributed by atoms with E-state index in [1.807, 2.05) is 58.3 Å². The van der Waals surface area contributed by atoms with Gasteiger partial charge in [-0.25, -0.2) is 4.98 Å². The Kier molecular flexibility index (Phi) is 5.20. The lowest BCUT2D eigenvalue weighted by atomic mass is 10.3. The number of thiazole rings is 1. The summed E-state index contributed by atoms with van der Waals surface area (Å²) in [6, 6.07) is 12.0. The number of benzene rings is 1. The maximum Gasteiger partial charge on any atom is 0.278 e. The van der Waals surface area contributed by atoms with Crippen LogP contribution in [0, 0.1) is 6.92 Å². The van der Waals surface area contributed by atoms with Gasteiger partial charge in [0.1, 0.15) is 17.3 Å². The van der Waals surface area contributed by atoms with Gasteiger partial charge in [0.05, 0.1) is 23.3 Å². The van der Waals surface area contributed by atoms with Gasteiger partial charge in [0.25, 0.3) is 5.91 Å². The van der Waals surface area contributed by atoms with Crippen molar-refractivity contribution in [2.75, 3.05) is 20.6 Å². The first-order chi connectivity index (χ1) is 11.9. The molecule has 2 atom stereocenters. The van der Waals surface area contributed by atoms with Crippen molar-refractivity contribution in [2.45, 2.75) is 26.4 Å². The molecule has 0 fully saturated rings. The summed E-state index contributed by atoms with van der Waals surface area (Å²) in [5.74, 6) is 1.91. The molecule has 3 rings (SSSR count). The number of furan rings is 1. The van der Waals surface area contributed by atoms with Gasteiger partial charge in [0, 0.05) is 7.05 Å². The Balaban J connectivity index is 1.62. The molecule has 0 aliphatic carbocycles. The van der Waals surface area contributed by atoms with Crippen LogP contribution in [0.5, 0.6) is 0 Å². The van der Waals surface area contributed by atoms with E-state index in [2.05, 4.69) is 11.1 Å². The summed E-state index contributed by atoms with van der Waals surface area (Å²) < 4.78 is 6.75. The molecule has 6 heteroatoms. The number of carbonyl (C=O) groups is 1. The smallest absolute Gasteiger partial charge is 0.278 e. The molecule has 0 spiro atoms. The van der Waals surface area contributed by atoms with Crippen molar-refractivity contribution in [3.63, 3.8) is 0 Å². The third kappa shape index (κ3) is 4.08. The molecule has 0 aliphatic heterocycles. The molecule has 1 N–H and O–H groups in total. The zero-order valence-corrected chi connectivity index (χ0v) is 15.9. The summed E-state index contributed by atoms with van der Waals surface area (Å²) in [5.41, 5.74) is 0.992. The molecule has 25 heavy (non-hydrogen) atoms. The predicted octanol–water partition coefficient (Wildman–Crippen LogP) is 2.43. The van der Waals surface area contributed by atoms with Crippen LogP contribution in [0.15, 0.2) is 40.8 Å². The molecule has 3 aromatic rings. The second-order valence-electron chi connectivity index (χ2n) is 6.52. The molecule has 1 unspecified atom stereocenters. The zero-order chi connectivity index (χ0) is 18.0. The van der Waals surface area contributed by atoms with Gasteiger partial charge in [0.2, 0.25) is 0 Å². The molecule has 0 saturated carbocycles. The third-order valence-corrected chi connectivity index (χ3v) is 5.57. The molecule has 1 aromatic carbocycles. The van der Waals surface area contributed by atoms with E-state index in [-0.39, 0.29) is 11.9 Å². The van der Waals surface area contributed by atoms with E-state index in [1.54, 1.807) is 16.2 Å². The van der Waals surface area contributed by atoms with E-state index < -0.39 is 0 Å². The van der Waals surface area contributed by atoms with Gasteiger partial charge in [-0.3, -0.25) is 4.79 Å². The fourth-order valence-electron chi connectivity index (χ4n) is 2.77. The van der Waals surface area contributed by atoms with Crippen LogP contribution in [0.1, 0.15) is 29.5 Å². The molecule has 2 heterocycles. The number of aryl methyl sites for hydroxylation is 1. The fraction of sp³-hybridized carbons (Fsp3) is 0.368. The van der Waals surface area contributed by atoms with Gasteiger partial charge >= 0.3 is 0 Å². The van der Waals surface area contributed by atoms with Crippen LogP contribution in [0.25, 0.3) is 10.2 Å². The quantitative estimate of drug-likeness (QED) is 0.736. The number of nitrogens with one attached hydrogen (secondary N) is 1. The minimum atomic E-state index is -0.0384. The van der Waals surface area contributed by atoms with Gasteiger partial charge in [-0.2, -0.15) is 0 Å². The highest BCUT2D eigenvalue weighted by Gasteiger charge is 2.23. The summed E-state index contributed by atoms with van der Waals surface area (Å²) in [6.45, 7) is 5.08. The Morgan fingerprint density at radius 1 is 1.32 bits per heavy atom. The van der Waals surface area contributed by atoms with Crippen molar-refractivity contribution in [1.82, 2.24) is 9.88 Å². The maximum absolute atomic E-state index is 12.6. The van der Waals surface area contributed by atoms with Crippen molar-refractivity contribution >= 4 is 27.5 Å². The number of quaternary nitrogens is 1. The van der Waals surface area contributed by atoms with Crippen molar-refractivity contribution in [1.29, 1.82) is 0 Å². The van der Waals surface area contributed by atoms with E-state index in [0.29, 0.717) is 13.1 Å². The van der Waals surface area contributed by atoms with Crippen LogP contribution in [-0.4, -0.2) is 36.4 Å². The molecule has 132 valence electrons. The highest BCUT2D eigenvalue weighted by Crippen LogP contribution is 2.28. The van der Waals surface area contributed by atoms with Crippen molar-refractivity contribution < 1.29 is 14.1 Å². The van der Waals surface area contributed by atoms with Crippen LogP contribution in [0.4, 0.5) is 0 Å². The Labute approximate surface area is 151 Å². The number of amides is 1. The zero-order valence-electron chi connectivity index (χ0n) is 15.1. The largest absolute Gasteiger partial charge is 0.460 e. The number of nitrogens with zero attached hydrogens (tertiary/aromatic N) is 2. The Morgan fingerprint density at radius 3 is 2.76 bits per heavy atom. The molecule has 0 aliphatic rings. The van der Waals surface area contributed by atoms with Crippen LogP contribution in [-0.2, 0) is 11.3 Å². The van der Waals surface area contributed by atoms with Gasteiger partial charge < -0.3 is 14.2 Å². The first kappa shape index (κ1) is 17.6. The number of likely N-dealkylation sites (N-methyl/N-ethyl adjacent to an activating group) is 2. The lowest BCUT2D eigenvalue weighted by Gasteiger charge is -2.24. The lowest BCUT2D eigenvalue weighted by molar-refractivity contribution is -0.886. The number of aromatic nitrogens is 1. The Morgan fingerprint density at radius 2 is 2.08 bits per heavy atom. The molecule has 0 saturated heterocycles. The highest BCUT2D eigenvalue weighted by molar-refractivity contribution is 7.18. The second kappa shape index (κ2) is 7.37. The molecule has 0 radical (unpaired) electrons. The first-order valence-corrected chi connectivity index (χ1v) is 9.23. The van der Waals surface area contributed by atoms with Gasteiger partial charge in [0.15, 0.2) is 12.3 Å². The summed E-state index contributed by atoms with van der Waals surface area (Å²) >= 11 is 1.65. The van der Waals surface area contributed by atoms with Crippen molar-refractivity contribution in [3.8, 4) is 0 Å². The van der Waals surface area contributed by atoms with Crippen LogP contribution in [0.3, 0.4) is 0 Å². The minimum absolute atomic E-state index is 0.0384. The van der Waals surface area contributed by atoms with E-state index in [4.69, 9.17) is 4.42 Å². The average molecular weight is 358 g/mol. The minimum Gasteiger partial charge on any atom is -0.460 e. The third-order valence-electron chi connectivity index (χ3n) is 4.37. The van der Waals surface area contributed by atoms with E-state index in [0.717, 1.165) is 31.6 Å². The van der Waals surface area contributed by atoms with Crippen molar-refractivity contribution in [2.24, 2.45) is 0 Å². The van der Waals surface area contributed by atoms with Crippen LogP contribution >= 0.6 is 11.3 Å². The maximum atomic E-state index is 12.6. The second-order valence-corrected chi connectivity index (χ2v) is 7.59. The van der Waals surface area contributed by atoms with Crippen LogP contribution in [0.2, 0.25) is 0 Å². The fourth-order valence-corrected chi connectivity index (χ4v) is 3.84. The SMILES string of the molecule is Cc1ccc(C[NH+](C)CC(=O)N(C)[C@@H](C)c2nc3ccccc3s2)o1. The molecule has 5 nitrogen and oxygen atoms in total. The van der Waals surface area contributed by atoms with Gasteiger partial charge in [-0.05, 0) is 38.1 Å². The molecule has 1 amide bonds. The van der Waals surface area contributed by atoms with E-state index >= 15 is 0 Å². The van der Waals surface area contributed by atoms with E-state index in [1.165, 1.54) is 0 Å². The summed E-state index contributed by atoms with van der Waals surface area (Å²) in [5, 5.41) is 0.969. The number of carbonyl (C=O) groups excluding carboxylic acids is 1. The Hall–Kier alpha value is -2.18. The monoisotopic (exact) mass is 358 g/mol. The number of rotatable bonds is 6.